The minimum absolute atomic E-state index is 0.0732. The second-order valence-corrected chi connectivity index (χ2v) is 5.93. The van der Waals surface area contributed by atoms with Crippen molar-refractivity contribution >= 4 is 12.1 Å². The first-order chi connectivity index (χ1) is 8.31. The lowest BCUT2D eigenvalue weighted by atomic mass is 9.93. The van der Waals surface area contributed by atoms with E-state index in [-0.39, 0.29) is 17.9 Å². The molecule has 1 aliphatic heterocycles. The van der Waals surface area contributed by atoms with Gasteiger partial charge in [-0.1, -0.05) is 20.8 Å². The molecule has 0 aromatic heterocycles. The lowest BCUT2D eigenvalue weighted by Gasteiger charge is -2.31. The van der Waals surface area contributed by atoms with Gasteiger partial charge in [-0.05, 0) is 18.3 Å². The molecule has 18 heavy (non-hydrogen) atoms. The summed E-state index contributed by atoms with van der Waals surface area (Å²) < 4.78 is 4.84. The lowest BCUT2D eigenvalue weighted by Crippen LogP contribution is -2.50. The normalized spacial score (nSPS) is 20.7. The van der Waals surface area contributed by atoms with Crippen LogP contribution in [0.5, 0.6) is 0 Å². The smallest absolute Gasteiger partial charge is 0.376 e. The van der Waals surface area contributed by atoms with Crippen LogP contribution in [0.25, 0.3) is 0 Å². The van der Waals surface area contributed by atoms with Crippen LogP contribution in [-0.4, -0.2) is 36.1 Å². The van der Waals surface area contributed by atoms with E-state index in [2.05, 4.69) is 5.43 Å². The minimum Gasteiger partial charge on any atom is -0.376 e. The number of hydrazine groups is 1. The van der Waals surface area contributed by atoms with Gasteiger partial charge < -0.3 is 9.64 Å². The first kappa shape index (κ1) is 14.9. The third kappa shape index (κ3) is 5.01. The zero-order valence-corrected chi connectivity index (χ0v) is 11.4. The molecular formula is C12H23N3O3. The van der Waals surface area contributed by atoms with Gasteiger partial charge in [0.25, 0.3) is 0 Å². The molecule has 0 bridgehead atoms. The van der Waals surface area contributed by atoms with Crippen LogP contribution in [0.3, 0.4) is 0 Å². The molecule has 1 saturated heterocycles. The standard InChI is InChI=1S/C12H23N3O3/c1-12(2,3)7-10(16)18-11(17)15-6-4-5-9(8-15)14-13/h9,14H,4-8,13H2,1-3H3. The second kappa shape index (κ2) is 6.15. The summed E-state index contributed by atoms with van der Waals surface area (Å²) >= 11 is 0. The fourth-order valence-corrected chi connectivity index (χ4v) is 1.91. The number of carbonyl (C=O) groups excluding carboxylic acids is 2. The summed E-state index contributed by atoms with van der Waals surface area (Å²) in [6.07, 6.45) is 1.45. The van der Waals surface area contributed by atoms with E-state index in [1.165, 1.54) is 4.90 Å². The van der Waals surface area contributed by atoms with E-state index in [0.717, 1.165) is 12.8 Å². The number of nitrogens with two attached hydrogens (primary N) is 1. The van der Waals surface area contributed by atoms with E-state index in [9.17, 15) is 9.59 Å². The Morgan fingerprint density at radius 1 is 1.44 bits per heavy atom. The van der Waals surface area contributed by atoms with Gasteiger partial charge in [0, 0.05) is 19.1 Å². The number of nitrogens with one attached hydrogen (secondary N) is 1. The van der Waals surface area contributed by atoms with Gasteiger partial charge in [0.15, 0.2) is 0 Å². The summed E-state index contributed by atoms with van der Waals surface area (Å²) in [4.78, 5) is 24.8. The third-order valence-electron chi connectivity index (χ3n) is 2.79. The molecule has 1 amide bonds. The Morgan fingerprint density at radius 2 is 2.11 bits per heavy atom. The number of piperidine rings is 1. The molecule has 1 aliphatic rings. The molecule has 0 spiro atoms. The van der Waals surface area contributed by atoms with Gasteiger partial charge in [0.2, 0.25) is 0 Å². The van der Waals surface area contributed by atoms with Crippen molar-refractivity contribution in [1.29, 1.82) is 0 Å². The van der Waals surface area contributed by atoms with Crippen molar-refractivity contribution in [3.8, 4) is 0 Å². The number of rotatable bonds is 2. The molecule has 0 radical (unpaired) electrons. The van der Waals surface area contributed by atoms with Crippen molar-refractivity contribution in [3.05, 3.63) is 0 Å². The molecular weight excluding hydrogens is 234 g/mol. The summed E-state index contributed by atoms with van der Waals surface area (Å²) in [5, 5.41) is 0. The van der Waals surface area contributed by atoms with Crippen LogP contribution in [-0.2, 0) is 9.53 Å². The Balaban J connectivity index is 2.42. The molecule has 0 saturated carbocycles. The van der Waals surface area contributed by atoms with Gasteiger partial charge >= 0.3 is 12.1 Å². The monoisotopic (exact) mass is 257 g/mol. The Hall–Kier alpha value is -1.14. The SMILES string of the molecule is CC(C)(C)CC(=O)OC(=O)N1CCCC(NN)C1. The molecule has 6 heteroatoms. The Morgan fingerprint density at radius 3 is 2.67 bits per heavy atom. The first-order valence-corrected chi connectivity index (χ1v) is 6.27. The number of hydrogen-bond acceptors (Lipinski definition) is 5. The van der Waals surface area contributed by atoms with Gasteiger partial charge in [0.1, 0.15) is 0 Å². The second-order valence-electron chi connectivity index (χ2n) is 5.93. The number of ether oxygens (including phenoxy) is 1. The molecule has 0 aromatic rings. The largest absolute Gasteiger partial charge is 0.417 e. The van der Waals surface area contributed by atoms with Crippen LogP contribution in [0.2, 0.25) is 0 Å². The number of hydrogen-bond donors (Lipinski definition) is 2. The predicted molar refractivity (Wildman–Crippen MR) is 67.5 cm³/mol. The van der Waals surface area contributed by atoms with E-state index >= 15 is 0 Å². The number of carbonyl (C=O) groups is 2. The van der Waals surface area contributed by atoms with Crippen molar-refractivity contribution in [1.82, 2.24) is 10.3 Å². The van der Waals surface area contributed by atoms with E-state index in [4.69, 9.17) is 10.6 Å². The summed E-state index contributed by atoms with van der Waals surface area (Å²) in [5.74, 6) is 4.88. The minimum atomic E-state index is -0.566. The van der Waals surface area contributed by atoms with Crippen LogP contribution < -0.4 is 11.3 Å². The van der Waals surface area contributed by atoms with Crippen molar-refractivity contribution < 1.29 is 14.3 Å². The zero-order chi connectivity index (χ0) is 13.8. The summed E-state index contributed by atoms with van der Waals surface area (Å²) in [5.41, 5.74) is 2.47. The summed E-state index contributed by atoms with van der Waals surface area (Å²) in [6, 6.07) is 0.0732. The quantitative estimate of drug-likeness (QED) is 0.334. The molecule has 104 valence electrons. The Labute approximate surface area is 108 Å². The highest BCUT2D eigenvalue weighted by molar-refractivity contribution is 5.84. The molecule has 1 heterocycles. The predicted octanol–water partition coefficient (Wildman–Crippen LogP) is 1.01. The highest BCUT2D eigenvalue weighted by atomic mass is 16.6. The fraction of sp³-hybridized carbons (Fsp3) is 0.833. The van der Waals surface area contributed by atoms with Crippen LogP contribution in [0, 0.1) is 5.41 Å². The van der Waals surface area contributed by atoms with E-state index in [0.29, 0.717) is 13.1 Å². The molecule has 1 unspecified atom stereocenters. The number of amides is 1. The molecule has 1 atom stereocenters. The van der Waals surface area contributed by atoms with E-state index in [1.54, 1.807) is 0 Å². The molecule has 1 fully saturated rings. The number of esters is 1. The summed E-state index contributed by atoms with van der Waals surface area (Å²) in [7, 11) is 0. The van der Waals surface area contributed by atoms with Crippen molar-refractivity contribution in [2.75, 3.05) is 13.1 Å². The van der Waals surface area contributed by atoms with Gasteiger partial charge in [0.05, 0.1) is 6.42 Å². The molecule has 0 aliphatic carbocycles. The van der Waals surface area contributed by atoms with Crippen LogP contribution in [0.4, 0.5) is 4.79 Å². The van der Waals surface area contributed by atoms with Crippen LogP contribution in [0.15, 0.2) is 0 Å². The molecule has 0 aromatic carbocycles. The number of likely N-dealkylation sites (tertiary alicyclic amines) is 1. The van der Waals surface area contributed by atoms with Gasteiger partial charge in [-0.3, -0.25) is 16.1 Å². The maximum atomic E-state index is 11.8. The van der Waals surface area contributed by atoms with Crippen molar-refractivity contribution in [3.63, 3.8) is 0 Å². The maximum absolute atomic E-state index is 11.8. The molecule has 6 nitrogen and oxygen atoms in total. The Kier molecular flexibility index (Phi) is 5.10. The van der Waals surface area contributed by atoms with Gasteiger partial charge in [-0.25, -0.2) is 4.79 Å². The highest BCUT2D eigenvalue weighted by Gasteiger charge is 2.27. The van der Waals surface area contributed by atoms with Crippen molar-refractivity contribution in [2.45, 2.75) is 46.1 Å². The molecule has 1 rings (SSSR count). The first-order valence-electron chi connectivity index (χ1n) is 6.27. The fourth-order valence-electron chi connectivity index (χ4n) is 1.91. The van der Waals surface area contributed by atoms with Crippen LogP contribution in [0.1, 0.15) is 40.0 Å². The maximum Gasteiger partial charge on any atom is 0.417 e. The zero-order valence-electron chi connectivity index (χ0n) is 11.4. The van der Waals surface area contributed by atoms with Gasteiger partial charge in [-0.15, -0.1) is 0 Å². The highest BCUT2D eigenvalue weighted by Crippen LogP contribution is 2.19. The lowest BCUT2D eigenvalue weighted by molar-refractivity contribution is -0.140. The van der Waals surface area contributed by atoms with Crippen LogP contribution >= 0.6 is 0 Å². The summed E-state index contributed by atoms with van der Waals surface area (Å²) in [6.45, 7) is 6.87. The van der Waals surface area contributed by atoms with Crippen molar-refractivity contribution in [2.24, 2.45) is 11.3 Å². The Bertz CT molecular complexity index is 312. The average Bonchev–Trinajstić information content (AvgIpc) is 2.26. The average molecular weight is 257 g/mol. The number of nitrogens with zero attached hydrogens (tertiary/aromatic N) is 1. The topological polar surface area (TPSA) is 84.7 Å². The molecule has 3 N–H and O–H groups in total. The van der Waals surface area contributed by atoms with E-state index < -0.39 is 12.1 Å². The third-order valence-corrected chi connectivity index (χ3v) is 2.79. The van der Waals surface area contributed by atoms with E-state index in [1.807, 2.05) is 20.8 Å². The van der Waals surface area contributed by atoms with Gasteiger partial charge in [-0.2, -0.15) is 0 Å².